The monoisotopic (exact) mass is 794 g/mol. The van der Waals surface area contributed by atoms with E-state index in [0.29, 0.717) is 0 Å². The number of rotatable bonds is 5. The van der Waals surface area contributed by atoms with Crippen LogP contribution in [0.25, 0.3) is 115 Å². The van der Waals surface area contributed by atoms with Gasteiger partial charge in [-0.05, 0) is 148 Å². The van der Waals surface area contributed by atoms with Gasteiger partial charge in [-0.25, -0.2) is 0 Å². The molecule has 2 nitrogen and oxygen atoms in total. The lowest BCUT2D eigenvalue weighted by Gasteiger charge is -2.13. The Hall–Kier alpha value is -7.46. The fourth-order valence-electron chi connectivity index (χ4n) is 9.98. The van der Waals surface area contributed by atoms with Crippen LogP contribution in [0, 0.1) is 0 Å². The van der Waals surface area contributed by atoms with Crippen molar-refractivity contribution >= 4 is 81.2 Å². The molecule has 0 amide bonds. The molecular weight excluding hydrogens is 757 g/mol. The second-order valence-corrected chi connectivity index (χ2v) is 17.5. The van der Waals surface area contributed by atoms with Gasteiger partial charge in [-0.15, -0.1) is 11.3 Å². The van der Waals surface area contributed by atoms with Crippen LogP contribution in [0.3, 0.4) is 0 Å². The number of allylic oxidation sites excluding steroid dienone is 1. The minimum Gasteiger partial charge on any atom is -0.309 e. The molecule has 61 heavy (non-hydrogen) atoms. The number of hydrogen-bond donors (Lipinski definition) is 0. The number of thiophene rings is 1. The minimum atomic E-state index is 1.13. The zero-order valence-electron chi connectivity index (χ0n) is 33.3. The van der Waals surface area contributed by atoms with Crippen LogP contribution in [0.15, 0.2) is 200 Å². The molecule has 1 aliphatic rings. The smallest absolute Gasteiger partial charge is 0.0541 e. The van der Waals surface area contributed by atoms with Crippen molar-refractivity contribution in [1.82, 2.24) is 9.13 Å². The van der Waals surface area contributed by atoms with Gasteiger partial charge < -0.3 is 9.13 Å². The van der Waals surface area contributed by atoms with Gasteiger partial charge in [0.1, 0.15) is 0 Å². The van der Waals surface area contributed by atoms with Crippen molar-refractivity contribution in [1.29, 1.82) is 0 Å². The normalized spacial score (nSPS) is 12.7. The number of benzene rings is 9. The SMILES string of the molecule is C1=Cc2cc(-c3ccc(-n4c5ccccc5c5cc(-c6ccc7c(c6)c6cc(-c8ccc9sc%10ccccc%10c9c8)ccc6n7-c6ccccc6)ccc54)cc3)ccc2CC1. The molecule has 0 fully saturated rings. The summed E-state index contributed by atoms with van der Waals surface area (Å²) in [5.74, 6) is 0. The van der Waals surface area contributed by atoms with Crippen LogP contribution in [-0.4, -0.2) is 9.13 Å². The molecule has 0 N–H and O–H groups in total. The van der Waals surface area contributed by atoms with Crippen LogP contribution in [0.1, 0.15) is 17.5 Å². The third-order valence-electron chi connectivity index (χ3n) is 13.0. The molecule has 0 radical (unpaired) electrons. The summed E-state index contributed by atoms with van der Waals surface area (Å²) in [7, 11) is 0. The molecule has 9 aromatic carbocycles. The molecule has 0 aliphatic heterocycles. The lowest BCUT2D eigenvalue weighted by molar-refractivity contribution is 0.986. The number of aryl methyl sites for hydroxylation is 1. The number of fused-ring (bicyclic) bond motifs is 10. The Kier molecular flexibility index (Phi) is 7.64. The zero-order chi connectivity index (χ0) is 40.0. The maximum absolute atomic E-state index is 2.42. The van der Waals surface area contributed by atoms with Crippen LogP contribution in [-0.2, 0) is 6.42 Å². The first-order chi connectivity index (χ1) is 30.2. The summed E-state index contributed by atoms with van der Waals surface area (Å²) in [6, 6.07) is 72.3. The number of nitrogens with zero attached hydrogens (tertiary/aromatic N) is 2. The van der Waals surface area contributed by atoms with Crippen LogP contribution < -0.4 is 0 Å². The summed E-state index contributed by atoms with van der Waals surface area (Å²) in [6.45, 7) is 0. The average Bonchev–Trinajstić information content (AvgIpc) is 3.98. The second kappa shape index (κ2) is 13.5. The summed E-state index contributed by atoms with van der Waals surface area (Å²) < 4.78 is 7.49. The van der Waals surface area contributed by atoms with E-state index in [-0.39, 0.29) is 0 Å². The third kappa shape index (κ3) is 5.48. The Labute approximate surface area is 357 Å². The highest BCUT2D eigenvalue weighted by atomic mass is 32.1. The maximum Gasteiger partial charge on any atom is 0.0541 e. The van der Waals surface area contributed by atoms with Crippen LogP contribution >= 0.6 is 11.3 Å². The first-order valence-electron chi connectivity index (χ1n) is 21.2. The highest BCUT2D eigenvalue weighted by Gasteiger charge is 2.18. The summed E-state index contributed by atoms with van der Waals surface area (Å²) >= 11 is 1.87. The van der Waals surface area contributed by atoms with E-state index >= 15 is 0 Å². The summed E-state index contributed by atoms with van der Waals surface area (Å²) in [4.78, 5) is 0. The predicted molar refractivity (Wildman–Crippen MR) is 262 cm³/mol. The molecule has 0 saturated heterocycles. The molecular formula is C58H38N2S. The first-order valence-corrected chi connectivity index (χ1v) is 22.0. The predicted octanol–water partition coefficient (Wildman–Crippen LogP) is 16.2. The Morgan fingerprint density at radius 2 is 0.836 bits per heavy atom. The second-order valence-electron chi connectivity index (χ2n) is 16.4. The summed E-state index contributed by atoms with van der Waals surface area (Å²) in [6.07, 6.45) is 6.81. The van der Waals surface area contributed by atoms with Gasteiger partial charge in [-0.1, -0.05) is 115 Å². The van der Waals surface area contributed by atoms with E-state index in [1.807, 2.05) is 11.3 Å². The number of aromatic nitrogens is 2. The fourth-order valence-corrected chi connectivity index (χ4v) is 11.1. The van der Waals surface area contributed by atoms with Crippen molar-refractivity contribution in [2.45, 2.75) is 12.8 Å². The average molecular weight is 795 g/mol. The Morgan fingerprint density at radius 1 is 0.344 bits per heavy atom. The van der Waals surface area contributed by atoms with Gasteiger partial charge in [0.05, 0.1) is 22.1 Å². The molecule has 0 spiro atoms. The fraction of sp³-hybridized carbons (Fsp3) is 0.0345. The van der Waals surface area contributed by atoms with E-state index in [1.165, 1.54) is 108 Å². The quantitative estimate of drug-likeness (QED) is 0.164. The van der Waals surface area contributed by atoms with Crippen molar-refractivity contribution in [3.63, 3.8) is 0 Å². The van der Waals surface area contributed by atoms with Gasteiger partial charge in [0.25, 0.3) is 0 Å². The van der Waals surface area contributed by atoms with E-state index in [0.717, 1.165) is 24.2 Å². The molecule has 3 heteroatoms. The van der Waals surface area contributed by atoms with E-state index in [1.54, 1.807) is 0 Å². The van der Waals surface area contributed by atoms with Gasteiger partial charge in [0.15, 0.2) is 0 Å². The zero-order valence-corrected chi connectivity index (χ0v) is 34.2. The lowest BCUT2D eigenvalue weighted by atomic mass is 9.93. The Morgan fingerprint density at radius 3 is 1.54 bits per heavy atom. The highest BCUT2D eigenvalue weighted by molar-refractivity contribution is 7.25. The minimum absolute atomic E-state index is 1.13. The van der Waals surface area contributed by atoms with Crippen molar-refractivity contribution < 1.29 is 0 Å². The molecule has 3 aromatic heterocycles. The van der Waals surface area contributed by atoms with Gasteiger partial charge in [-0.3, -0.25) is 0 Å². The number of para-hydroxylation sites is 2. The topological polar surface area (TPSA) is 9.86 Å². The highest BCUT2D eigenvalue weighted by Crippen LogP contribution is 2.41. The van der Waals surface area contributed by atoms with E-state index in [9.17, 15) is 0 Å². The Bertz CT molecular complexity index is 3750. The van der Waals surface area contributed by atoms with Gasteiger partial charge in [0.2, 0.25) is 0 Å². The van der Waals surface area contributed by atoms with E-state index in [4.69, 9.17) is 0 Å². The first kappa shape index (κ1) is 34.4. The van der Waals surface area contributed by atoms with Crippen molar-refractivity contribution in [2.75, 3.05) is 0 Å². The van der Waals surface area contributed by atoms with E-state index in [2.05, 4.69) is 215 Å². The molecule has 1 aliphatic carbocycles. The third-order valence-corrected chi connectivity index (χ3v) is 14.1. The number of hydrogen-bond acceptors (Lipinski definition) is 1. The summed E-state index contributed by atoms with van der Waals surface area (Å²) in [5, 5.41) is 7.66. The van der Waals surface area contributed by atoms with Crippen molar-refractivity contribution in [3.8, 4) is 44.8 Å². The molecule has 13 rings (SSSR count). The molecule has 0 unspecified atom stereocenters. The van der Waals surface area contributed by atoms with Crippen molar-refractivity contribution in [2.24, 2.45) is 0 Å². The van der Waals surface area contributed by atoms with Gasteiger partial charge >= 0.3 is 0 Å². The lowest BCUT2D eigenvalue weighted by Crippen LogP contribution is -1.95. The van der Waals surface area contributed by atoms with Crippen LogP contribution in [0.2, 0.25) is 0 Å². The van der Waals surface area contributed by atoms with Gasteiger partial charge in [0, 0.05) is 53.1 Å². The Balaban J connectivity index is 0.938. The molecule has 0 atom stereocenters. The molecule has 0 saturated carbocycles. The van der Waals surface area contributed by atoms with Gasteiger partial charge in [-0.2, -0.15) is 0 Å². The molecule has 12 aromatic rings. The molecule has 3 heterocycles. The van der Waals surface area contributed by atoms with Crippen LogP contribution in [0.5, 0.6) is 0 Å². The summed E-state index contributed by atoms with van der Waals surface area (Å²) in [5.41, 5.74) is 17.3. The molecule has 0 bridgehead atoms. The van der Waals surface area contributed by atoms with Crippen molar-refractivity contribution in [3.05, 3.63) is 211 Å². The van der Waals surface area contributed by atoms with Crippen LogP contribution in [0.4, 0.5) is 0 Å². The maximum atomic E-state index is 2.42. The largest absolute Gasteiger partial charge is 0.309 e. The standard InChI is InChI=1S/C58H38N2S/c1-2-12-45(13-3-1)59-55-29-23-42(34-50(55)51-35-43(24-30-56(51)59)44-25-31-58-52(36-44)48-15-7-9-17-57(48)61-58)41-22-28-54-49(33-41)47-14-6-8-16-53(47)60(54)46-26-20-38(21-27-46)40-19-18-37-10-4-5-11-39(37)32-40/h1-3,5-9,11-36H,4,10H2. The van der Waals surface area contributed by atoms with E-state index < -0.39 is 0 Å². The molecule has 286 valence electrons.